The van der Waals surface area contributed by atoms with Crippen molar-refractivity contribution in [2.24, 2.45) is 0 Å². The van der Waals surface area contributed by atoms with Crippen molar-refractivity contribution in [2.45, 2.75) is 6.92 Å². The lowest BCUT2D eigenvalue weighted by Crippen LogP contribution is -2.36. The minimum absolute atomic E-state index is 0.0552. The van der Waals surface area contributed by atoms with Gasteiger partial charge in [-0.25, -0.2) is 4.79 Å². The summed E-state index contributed by atoms with van der Waals surface area (Å²) in [6, 6.07) is 5.42. The van der Waals surface area contributed by atoms with Crippen LogP contribution in [-0.2, 0) is 0 Å². The number of halogens is 1. The van der Waals surface area contributed by atoms with Crippen molar-refractivity contribution in [3.05, 3.63) is 28.8 Å². The van der Waals surface area contributed by atoms with Crippen LogP contribution in [0.5, 0.6) is 0 Å². The van der Waals surface area contributed by atoms with Crippen molar-refractivity contribution in [3.63, 3.8) is 0 Å². The highest BCUT2D eigenvalue weighted by Gasteiger charge is 2.14. The maximum atomic E-state index is 11.7. The summed E-state index contributed by atoms with van der Waals surface area (Å²) < 4.78 is 0. The zero-order chi connectivity index (χ0) is 11.6. The highest BCUT2D eigenvalue weighted by molar-refractivity contribution is 6.30. The van der Waals surface area contributed by atoms with Crippen molar-refractivity contribution >= 4 is 23.3 Å². The van der Waals surface area contributed by atoms with Gasteiger partial charge in [-0.3, -0.25) is 4.90 Å². The Labute approximate surface area is 95.2 Å². The third-order valence-corrected chi connectivity index (χ3v) is 2.42. The molecule has 82 valence electrons. The molecule has 0 radical (unpaired) electrons. The van der Waals surface area contributed by atoms with Crippen LogP contribution in [-0.4, -0.2) is 32.1 Å². The number of nitrogens with zero attached hydrogens (tertiary/aromatic N) is 2. The van der Waals surface area contributed by atoms with Gasteiger partial charge >= 0.3 is 6.03 Å². The number of carbonyl (C=O) groups excluding carboxylic acids is 1. The molecule has 3 nitrogen and oxygen atoms in total. The van der Waals surface area contributed by atoms with Gasteiger partial charge in [0.15, 0.2) is 0 Å². The summed E-state index contributed by atoms with van der Waals surface area (Å²) in [6.45, 7) is 1.93. The highest BCUT2D eigenvalue weighted by atomic mass is 35.5. The number of rotatable bonds is 1. The van der Waals surface area contributed by atoms with Crippen molar-refractivity contribution in [1.29, 1.82) is 0 Å². The molecule has 15 heavy (non-hydrogen) atoms. The smallest absolute Gasteiger partial charge is 0.323 e. The van der Waals surface area contributed by atoms with Gasteiger partial charge in [0.1, 0.15) is 0 Å². The molecule has 0 aliphatic heterocycles. The zero-order valence-corrected chi connectivity index (χ0v) is 10.2. The summed E-state index contributed by atoms with van der Waals surface area (Å²) in [7, 11) is 5.20. The fourth-order valence-electron chi connectivity index (χ4n) is 1.40. The molecule has 1 rings (SSSR count). The largest absolute Gasteiger partial charge is 0.330 e. The fraction of sp³-hybridized carbons (Fsp3) is 0.364. The topological polar surface area (TPSA) is 23.6 Å². The molecule has 0 heterocycles. The van der Waals surface area contributed by atoms with E-state index in [1.807, 2.05) is 19.1 Å². The standard InChI is InChI=1S/C11H15ClN2O/c1-8-7-9(12)5-6-10(8)14(4)11(15)13(2)3/h5-7H,1-4H3. The second-order valence-corrected chi connectivity index (χ2v) is 4.10. The van der Waals surface area contributed by atoms with E-state index in [-0.39, 0.29) is 6.03 Å². The van der Waals surface area contributed by atoms with Gasteiger partial charge in [0, 0.05) is 31.9 Å². The summed E-state index contributed by atoms with van der Waals surface area (Å²) in [5.41, 5.74) is 1.86. The first kappa shape index (κ1) is 11.9. The molecule has 0 aliphatic carbocycles. The number of anilines is 1. The van der Waals surface area contributed by atoms with Gasteiger partial charge < -0.3 is 4.90 Å². The van der Waals surface area contributed by atoms with Crippen LogP contribution in [0.2, 0.25) is 5.02 Å². The summed E-state index contributed by atoms with van der Waals surface area (Å²) in [4.78, 5) is 14.8. The van der Waals surface area contributed by atoms with Gasteiger partial charge in [-0.2, -0.15) is 0 Å². The van der Waals surface area contributed by atoms with Crippen LogP contribution in [0.3, 0.4) is 0 Å². The van der Waals surface area contributed by atoms with Gasteiger partial charge in [-0.1, -0.05) is 11.6 Å². The van der Waals surface area contributed by atoms with E-state index in [1.165, 1.54) is 4.90 Å². The van der Waals surface area contributed by atoms with Crippen LogP contribution >= 0.6 is 11.6 Å². The maximum absolute atomic E-state index is 11.7. The Morgan fingerprint density at radius 1 is 1.27 bits per heavy atom. The van der Waals surface area contributed by atoms with Crippen LogP contribution in [0.15, 0.2) is 18.2 Å². The molecular weight excluding hydrogens is 212 g/mol. The highest BCUT2D eigenvalue weighted by Crippen LogP contribution is 2.23. The second-order valence-electron chi connectivity index (χ2n) is 3.67. The summed E-state index contributed by atoms with van der Waals surface area (Å²) in [6.07, 6.45) is 0. The van der Waals surface area contributed by atoms with Crippen LogP contribution < -0.4 is 4.90 Å². The van der Waals surface area contributed by atoms with Gasteiger partial charge in [-0.15, -0.1) is 0 Å². The minimum atomic E-state index is -0.0552. The molecule has 0 unspecified atom stereocenters. The Morgan fingerprint density at radius 2 is 1.87 bits per heavy atom. The molecule has 0 aliphatic rings. The van der Waals surface area contributed by atoms with Crippen molar-refractivity contribution in [1.82, 2.24) is 4.90 Å². The number of aryl methyl sites for hydroxylation is 1. The van der Waals surface area contributed by atoms with Gasteiger partial charge in [-0.05, 0) is 30.7 Å². The molecule has 0 N–H and O–H groups in total. The minimum Gasteiger partial charge on any atom is -0.330 e. The van der Waals surface area contributed by atoms with E-state index in [2.05, 4.69) is 0 Å². The molecule has 0 saturated heterocycles. The van der Waals surface area contributed by atoms with Crippen molar-refractivity contribution in [2.75, 3.05) is 26.0 Å². The monoisotopic (exact) mass is 226 g/mol. The average molecular weight is 227 g/mol. The first-order chi connectivity index (χ1) is 6.93. The fourth-order valence-corrected chi connectivity index (χ4v) is 1.62. The Balaban J connectivity index is 3.01. The number of urea groups is 1. The first-order valence-electron chi connectivity index (χ1n) is 4.64. The lowest BCUT2D eigenvalue weighted by molar-refractivity contribution is 0.225. The molecule has 0 aromatic heterocycles. The predicted molar refractivity (Wildman–Crippen MR) is 63.7 cm³/mol. The van der Waals surface area contributed by atoms with E-state index in [0.29, 0.717) is 5.02 Å². The lowest BCUT2D eigenvalue weighted by Gasteiger charge is -2.23. The summed E-state index contributed by atoms with van der Waals surface area (Å²) in [5, 5.41) is 0.682. The predicted octanol–water partition coefficient (Wildman–Crippen LogP) is 2.77. The molecule has 1 aromatic carbocycles. The van der Waals surface area contributed by atoms with Crippen LogP contribution in [0.1, 0.15) is 5.56 Å². The van der Waals surface area contributed by atoms with Crippen LogP contribution in [0.25, 0.3) is 0 Å². The normalized spacial score (nSPS) is 9.93. The van der Waals surface area contributed by atoms with Crippen molar-refractivity contribution in [3.8, 4) is 0 Å². The summed E-state index contributed by atoms with van der Waals surface area (Å²) >= 11 is 5.85. The molecule has 0 saturated carbocycles. The first-order valence-corrected chi connectivity index (χ1v) is 5.02. The molecule has 0 fully saturated rings. The molecular formula is C11H15ClN2O. The maximum Gasteiger partial charge on any atom is 0.323 e. The number of hydrogen-bond donors (Lipinski definition) is 0. The van der Waals surface area contributed by atoms with Crippen LogP contribution in [0, 0.1) is 6.92 Å². The molecule has 2 amide bonds. The SMILES string of the molecule is Cc1cc(Cl)ccc1N(C)C(=O)N(C)C. The number of benzene rings is 1. The van der Waals surface area contributed by atoms with E-state index in [4.69, 9.17) is 11.6 Å². The van der Waals surface area contributed by atoms with E-state index < -0.39 is 0 Å². The third-order valence-electron chi connectivity index (χ3n) is 2.19. The number of hydrogen-bond acceptors (Lipinski definition) is 1. The number of amides is 2. The quantitative estimate of drug-likeness (QED) is 0.722. The molecule has 1 aromatic rings. The molecule has 0 spiro atoms. The number of carbonyl (C=O) groups is 1. The Kier molecular flexibility index (Phi) is 3.58. The Morgan fingerprint density at radius 3 is 2.33 bits per heavy atom. The molecule has 0 atom stereocenters. The Bertz CT molecular complexity index is 377. The van der Waals surface area contributed by atoms with E-state index >= 15 is 0 Å². The molecule has 4 heteroatoms. The summed E-state index contributed by atoms with van der Waals surface area (Å²) in [5.74, 6) is 0. The zero-order valence-electron chi connectivity index (χ0n) is 9.41. The second kappa shape index (κ2) is 4.53. The van der Waals surface area contributed by atoms with Crippen molar-refractivity contribution < 1.29 is 4.79 Å². The van der Waals surface area contributed by atoms with Gasteiger partial charge in [0.05, 0.1) is 0 Å². The third kappa shape index (κ3) is 2.63. The average Bonchev–Trinajstić information content (AvgIpc) is 2.15. The van der Waals surface area contributed by atoms with Gasteiger partial charge in [0.2, 0.25) is 0 Å². The Hall–Kier alpha value is -1.22. The van der Waals surface area contributed by atoms with E-state index in [1.54, 1.807) is 32.1 Å². The van der Waals surface area contributed by atoms with E-state index in [0.717, 1.165) is 11.3 Å². The van der Waals surface area contributed by atoms with Crippen LogP contribution in [0.4, 0.5) is 10.5 Å². The van der Waals surface area contributed by atoms with Gasteiger partial charge in [0.25, 0.3) is 0 Å². The molecule has 0 bridgehead atoms. The lowest BCUT2D eigenvalue weighted by atomic mass is 10.2. The van der Waals surface area contributed by atoms with E-state index in [9.17, 15) is 4.79 Å².